The zero-order valence-electron chi connectivity index (χ0n) is 9.20. The minimum absolute atomic E-state index is 0.200. The van der Waals surface area contributed by atoms with Gasteiger partial charge in [0.15, 0.2) is 0 Å². The maximum atomic E-state index is 10.9. The lowest BCUT2D eigenvalue weighted by molar-refractivity contribution is -0.135. The maximum absolute atomic E-state index is 10.9. The number of rotatable bonds is 5. The molecule has 0 aromatic rings. The molecule has 0 saturated carbocycles. The largest absolute Gasteiger partial charge is 0.342 e. The van der Waals surface area contributed by atoms with E-state index in [9.17, 15) is 4.79 Å². The molecule has 0 spiro atoms. The van der Waals surface area contributed by atoms with Gasteiger partial charge in [0.25, 0.3) is 0 Å². The number of hydrogen-bond donors (Lipinski definition) is 1. The van der Waals surface area contributed by atoms with Crippen molar-refractivity contribution in [1.82, 2.24) is 9.80 Å². The van der Waals surface area contributed by atoms with E-state index in [4.69, 9.17) is 5.73 Å². The monoisotopic (exact) mass is 199 g/mol. The van der Waals surface area contributed by atoms with Crippen LogP contribution in [0.3, 0.4) is 0 Å². The van der Waals surface area contributed by atoms with E-state index in [1.54, 1.807) is 6.92 Å². The predicted molar refractivity (Wildman–Crippen MR) is 56.9 cm³/mol. The molecule has 1 aliphatic heterocycles. The van der Waals surface area contributed by atoms with Crippen LogP contribution in [0.1, 0.15) is 13.3 Å². The van der Waals surface area contributed by atoms with Crippen LogP contribution >= 0.6 is 0 Å². The topological polar surface area (TPSA) is 49.6 Å². The number of nitrogens with zero attached hydrogens (tertiary/aromatic N) is 2. The molecule has 1 fully saturated rings. The summed E-state index contributed by atoms with van der Waals surface area (Å²) in [6.07, 6.45) is 1.06. The third-order valence-corrected chi connectivity index (χ3v) is 2.72. The Morgan fingerprint density at radius 1 is 1.57 bits per heavy atom. The summed E-state index contributed by atoms with van der Waals surface area (Å²) in [4.78, 5) is 15.1. The average molecular weight is 199 g/mol. The summed E-state index contributed by atoms with van der Waals surface area (Å²) in [6, 6.07) is 0. The Morgan fingerprint density at radius 2 is 2.21 bits per heavy atom. The van der Waals surface area contributed by atoms with E-state index >= 15 is 0 Å². The third kappa shape index (κ3) is 3.27. The van der Waals surface area contributed by atoms with E-state index in [1.807, 2.05) is 4.90 Å². The molecule has 4 nitrogen and oxygen atoms in total. The van der Waals surface area contributed by atoms with Gasteiger partial charge in [-0.05, 0) is 26.6 Å². The van der Waals surface area contributed by atoms with Gasteiger partial charge in [-0.1, -0.05) is 0 Å². The molecule has 0 unspecified atom stereocenters. The fourth-order valence-electron chi connectivity index (χ4n) is 1.84. The van der Waals surface area contributed by atoms with Crippen molar-refractivity contribution in [1.29, 1.82) is 0 Å². The summed E-state index contributed by atoms with van der Waals surface area (Å²) in [6.45, 7) is 6.41. The second-order valence-electron chi connectivity index (χ2n) is 4.19. The molecule has 0 aromatic carbocycles. The molecular formula is C10H21N3O. The molecule has 1 saturated heterocycles. The second kappa shape index (κ2) is 5.32. The van der Waals surface area contributed by atoms with Crippen molar-refractivity contribution < 1.29 is 4.79 Å². The fraction of sp³-hybridized carbons (Fsp3) is 0.900. The number of carbonyl (C=O) groups is 1. The zero-order valence-corrected chi connectivity index (χ0v) is 9.20. The first-order chi connectivity index (χ1) is 6.63. The quantitative estimate of drug-likeness (QED) is 0.664. The highest BCUT2D eigenvalue weighted by atomic mass is 16.2. The van der Waals surface area contributed by atoms with Crippen LogP contribution in [-0.4, -0.2) is 55.5 Å². The van der Waals surface area contributed by atoms with Crippen molar-refractivity contribution in [2.45, 2.75) is 13.3 Å². The Labute approximate surface area is 86.0 Å². The van der Waals surface area contributed by atoms with E-state index in [1.165, 1.54) is 0 Å². The molecule has 1 rings (SSSR count). The van der Waals surface area contributed by atoms with Gasteiger partial charge in [0.05, 0.1) is 0 Å². The van der Waals surface area contributed by atoms with Crippen LogP contribution in [0.5, 0.6) is 0 Å². The normalized spacial score (nSPS) is 17.3. The van der Waals surface area contributed by atoms with Crippen LogP contribution in [0.2, 0.25) is 0 Å². The van der Waals surface area contributed by atoms with Crippen LogP contribution in [0, 0.1) is 5.92 Å². The van der Waals surface area contributed by atoms with Crippen molar-refractivity contribution in [3.05, 3.63) is 0 Å². The molecule has 2 N–H and O–H groups in total. The molecule has 0 aromatic heterocycles. The summed E-state index contributed by atoms with van der Waals surface area (Å²) in [5.41, 5.74) is 5.44. The zero-order chi connectivity index (χ0) is 10.6. The van der Waals surface area contributed by atoms with Crippen LogP contribution < -0.4 is 5.73 Å². The number of amides is 1. The molecule has 82 valence electrons. The van der Waals surface area contributed by atoms with E-state index in [2.05, 4.69) is 11.9 Å². The first-order valence-corrected chi connectivity index (χ1v) is 5.27. The van der Waals surface area contributed by atoms with Gasteiger partial charge in [0.2, 0.25) is 5.91 Å². The average Bonchev–Trinajstić information content (AvgIpc) is 2.06. The highest BCUT2D eigenvalue weighted by Gasteiger charge is 2.28. The molecule has 1 aliphatic rings. The highest BCUT2D eigenvalue weighted by Crippen LogP contribution is 2.16. The van der Waals surface area contributed by atoms with Crippen molar-refractivity contribution >= 4 is 5.91 Å². The Morgan fingerprint density at radius 3 is 2.71 bits per heavy atom. The van der Waals surface area contributed by atoms with Gasteiger partial charge in [-0.3, -0.25) is 4.79 Å². The predicted octanol–water partition coefficient (Wildman–Crippen LogP) is -0.255. The molecule has 0 radical (unpaired) electrons. The van der Waals surface area contributed by atoms with E-state index < -0.39 is 0 Å². The first kappa shape index (κ1) is 11.5. The smallest absolute Gasteiger partial charge is 0.219 e. The lowest BCUT2D eigenvalue weighted by atomic mass is 9.99. The van der Waals surface area contributed by atoms with Gasteiger partial charge in [0, 0.05) is 32.5 Å². The van der Waals surface area contributed by atoms with Crippen LogP contribution in [0.4, 0.5) is 0 Å². The summed E-state index contributed by atoms with van der Waals surface area (Å²) in [5.74, 6) is 0.868. The molecule has 0 aliphatic carbocycles. The SMILES string of the molecule is CC(=O)N1CC(CN(C)CCCN)C1. The lowest BCUT2D eigenvalue weighted by Crippen LogP contribution is -2.52. The van der Waals surface area contributed by atoms with Crippen molar-refractivity contribution in [2.24, 2.45) is 11.7 Å². The van der Waals surface area contributed by atoms with E-state index in [0.29, 0.717) is 5.92 Å². The number of nitrogens with two attached hydrogens (primary N) is 1. The van der Waals surface area contributed by atoms with Gasteiger partial charge >= 0.3 is 0 Å². The molecule has 0 bridgehead atoms. The summed E-state index contributed by atoms with van der Waals surface area (Å²) >= 11 is 0. The molecule has 14 heavy (non-hydrogen) atoms. The van der Waals surface area contributed by atoms with Gasteiger partial charge < -0.3 is 15.5 Å². The standard InChI is InChI=1S/C10H21N3O/c1-9(14)13-7-10(8-13)6-12(2)5-3-4-11/h10H,3-8,11H2,1-2H3. The number of likely N-dealkylation sites (tertiary alicyclic amines) is 1. The minimum Gasteiger partial charge on any atom is -0.342 e. The second-order valence-corrected chi connectivity index (χ2v) is 4.19. The maximum Gasteiger partial charge on any atom is 0.219 e. The first-order valence-electron chi connectivity index (χ1n) is 5.27. The van der Waals surface area contributed by atoms with Crippen LogP contribution in [0.15, 0.2) is 0 Å². The van der Waals surface area contributed by atoms with Gasteiger partial charge in [-0.25, -0.2) is 0 Å². The summed E-state index contributed by atoms with van der Waals surface area (Å²) in [5, 5.41) is 0. The molecule has 1 heterocycles. The Bertz CT molecular complexity index is 190. The Hall–Kier alpha value is -0.610. The van der Waals surface area contributed by atoms with Gasteiger partial charge in [0.1, 0.15) is 0 Å². The Balaban J connectivity index is 2.07. The van der Waals surface area contributed by atoms with Crippen LogP contribution in [-0.2, 0) is 4.79 Å². The number of carbonyl (C=O) groups excluding carboxylic acids is 1. The Kier molecular flexibility index (Phi) is 4.35. The van der Waals surface area contributed by atoms with Crippen molar-refractivity contribution in [3.63, 3.8) is 0 Å². The fourth-order valence-corrected chi connectivity index (χ4v) is 1.84. The summed E-state index contributed by atoms with van der Waals surface area (Å²) in [7, 11) is 2.12. The van der Waals surface area contributed by atoms with Gasteiger partial charge in [-0.2, -0.15) is 0 Å². The van der Waals surface area contributed by atoms with E-state index in [0.717, 1.165) is 39.1 Å². The van der Waals surface area contributed by atoms with Crippen molar-refractivity contribution in [2.75, 3.05) is 39.8 Å². The molecule has 0 atom stereocenters. The number of hydrogen-bond acceptors (Lipinski definition) is 3. The van der Waals surface area contributed by atoms with Gasteiger partial charge in [-0.15, -0.1) is 0 Å². The third-order valence-electron chi connectivity index (χ3n) is 2.72. The highest BCUT2D eigenvalue weighted by molar-refractivity contribution is 5.74. The van der Waals surface area contributed by atoms with E-state index in [-0.39, 0.29) is 5.91 Å². The van der Waals surface area contributed by atoms with Crippen LogP contribution in [0.25, 0.3) is 0 Å². The molecular weight excluding hydrogens is 178 g/mol. The lowest BCUT2D eigenvalue weighted by Gasteiger charge is -2.40. The van der Waals surface area contributed by atoms with Crippen molar-refractivity contribution in [3.8, 4) is 0 Å². The summed E-state index contributed by atoms with van der Waals surface area (Å²) < 4.78 is 0. The molecule has 4 heteroatoms. The minimum atomic E-state index is 0.200. The molecule has 1 amide bonds.